The minimum Gasteiger partial charge on any atom is -1.00 e. The quantitative estimate of drug-likeness (QED) is 0.126. The molecule has 0 fully saturated rings. The number of rotatable bonds is 15. The molecular formula is C21H20F19IN2O3S. The van der Waals surface area contributed by atoms with E-state index in [1.165, 1.54) is 0 Å². The van der Waals surface area contributed by atoms with Crippen LogP contribution in [-0.4, -0.2) is 101 Å². The summed E-state index contributed by atoms with van der Waals surface area (Å²) in [6.07, 6.45) is -15.0. The van der Waals surface area contributed by atoms with Gasteiger partial charge in [0.25, 0.3) is 0 Å². The number of ether oxygens (including phenoxy) is 1. The predicted molar refractivity (Wildman–Crippen MR) is 115 cm³/mol. The van der Waals surface area contributed by atoms with Crippen LogP contribution in [0.4, 0.5) is 83.4 Å². The fourth-order valence-electron chi connectivity index (χ4n) is 3.09. The number of quaternary nitrogens is 1. The van der Waals surface area contributed by atoms with Crippen molar-refractivity contribution in [1.29, 1.82) is 0 Å². The molecule has 1 N–H and O–H groups in total. The van der Waals surface area contributed by atoms with Crippen LogP contribution < -0.4 is 33.4 Å². The van der Waals surface area contributed by atoms with Crippen LogP contribution in [0.25, 0.3) is 0 Å². The second-order valence-electron chi connectivity index (χ2n) is 10.4. The smallest absolute Gasteiger partial charge is 0.471 e. The van der Waals surface area contributed by atoms with Gasteiger partial charge in [0.15, 0.2) is 0 Å². The van der Waals surface area contributed by atoms with Gasteiger partial charge in [0, 0.05) is 13.0 Å². The van der Waals surface area contributed by atoms with Crippen molar-refractivity contribution in [3.8, 4) is 5.75 Å². The number of alkyl halides is 19. The number of hydrogen-bond acceptors (Lipinski definition) is 3. The van der Waals surface area contributed by atoms with E-state index in [0.29, 0.717) is 11.0 Å². The average Bonchev–Trinajstić information content (AvgIpc) is 2.84. The molecule has 278 valence electrons. The number of nitrogens with one attached hydrogen (secondary N) is 1. The SMILES string of the molecule is C[N+](C)(C)CCCNS(=O)(=O)c1ccc(OC(F)(F)C(F)(F)C(F)(F)C(F)(F)C(F)(F)C(F)(F)C(F)(F)C(F)(F)C(F)(F)F)cc1.[I-]. The van der Waals surface area contributed by atoms with Crippen molar-refractivity contribution in [2.24, 2.45) is 0 Å². The van der Waals surface area contributed by atoms with Crippen molar-refractivity contribution in [2.75, 3.05) is 34.2 Å². The molecule has 0 saturated carbocycles. The van der Waals surface area contributed by atoms with Crippen molar-refractivity contribution in [3.63, 3.8) is 0 Å². The normalized spacial score (nSPS) is 15.4. The van der Waals surface area contributed by atoms with Crippen molar-refractivity contribution >= 4 is 10.0 Å². The molecule has 26 heteroatoms. The lowest BCUT2D eigenvalue weighted by molar-refractivity contribution is -0.870. The summed E-state index contributed by atoms with van der Waals surface area (Å²) in [5, 5.41) is 0. The monoisotopic (exact) mass is 868 g/mol. The van der Waals surface area contributed by atoms with E-state index in [2.05, 4.69) is 4.74 Å². The van der Waals surface area contributed by atoms with Crippen LogP contribution in [-0.2, 0) is 10.0 Å². The van der Waals surface area contributed by atoms with Crippen LogP contribution >= 0.6 is 0 Å². The van der Waals surface area contributed by atoms with Crippen LogP contribution in [0.5, 0.6) is 5.75 Å². The highest BCUT2D eigenvalue weighted by Gasteiger charge is 2.97. The molecule has 0 aromatic heterocycles. The van der Waals surface area contributed by atoms with Gasteiger partial charge < -0.3 is 33.2 Å². The number of halogens is 20. The maximum atomic E-state index is 14.0. The third-order valence-electron chi connectivity index (χ3n) is 5.77. The van der Waals surface area contributed by atoms with Gasteiger partial charge in [0.05, 0.1) is 32.6 Å². The molecule has 0 saturated heterocycles. The van der Waals surface area contributed by atoms with Gasteiger partial charge in [-0.15, -0.1) is 0 Å². The molecule has 1 aromatic rings. The molecule has 0 unspecified atom stereocenters. The van der Waals surface area contributed by atoms with Gasteiger partial charge in [-0.3, -0.25) is 0 Å². The Morgan fingerprint density at radius 3 is 1.28 bits per heavy atom. The molecular weight excluding hydrogens is 848 g/mol. The Bertz CT molecular complexity index is 1330. The lowest BCUT2D eigenvalue weighted by atomic mass is 9.88. The van der Waals surface area contributed by atoms with Gasteiger partial charge in [-0.2, -0.15) is 83.4 Å². The van der Waals surface area contributed by atoms with Crippen LogP contribution in [0, 0.1) is 0 Å². The van der Waals surface area contributed by atoms with Crippen molar-refractivity contribution < 1.29 is 125 Å². The van der Waals surface area contributed by atoms with Gasteiger partial charge in [0.1, 0.15) is 5.75 Å². The Kier molecular flexibility index (Phi) is 12.7. The highest BCUT2D eigenvalue weighted by molar-refractivity contribution is 7.89. The highest BCUT2D eigenvalue weighted by atomic mass is 127. The lowest BCUT2D eigenvalue weighted by Gasteiger charge is -2.43. The Morgan fingerprint density at radius 1 is 0.596 bits per heavy atom. The third kappa shape index (κ3) is 7.88. The first-order chi connectivity index (χ1) is 19.9. The average molecular weight is 868 g/mol. The van der Waals surface area contributed by atoms with Crippen LogP contribution in [0.2, 0.25) is 0 Å². The molecule has 0 aliphatic carbocycles. The predicted octanol–water partition coefficient (Wildman–Crippen LogP) is 4.05. The molecule has 0 radical (unpaired) electrons. The molecule has 1 rings (SSSR count). The fraction of sp³-hybridized carbons (Fsp3) is 0.714. The first kappa shape index (κ1) is 45.3. The fourth-order valence-corrected chi connectivity index (χ4v) is 4.16. The van der Waals surface area contributed by atoms with E-state index in [1.54, 1.807) is 21.1 Å². The molecule has 47 heavy (non-hydrogen) atoms. The summed E-state index contributed by atoms with van der Waals surface area (Å²) < 4.78 is 285. The molecule has 0 aliphatic rings. The summed E-state index contributed by atoms with van der Waals surface area (Å²) >= 11 is 0. The van der Waals surface area contributed by atoms with E-state index in [4.69, 9.17) is 0 Å². The van der Waals surface area contributed by atoms with Gasteiger partial charge in [-0.25, -0.2) is 13.1 Å². The molecule has 0 atom stereocenters. The molecule has 5 nitrogen and oxygen atoms in total. The first-order valence-electron chi connectivity index (χ1n) is 11.6. The van der Waals surface area contributed by atoms with Gasteiger partial charge in [-0.1, -0.05) is 0 Å². The molecule has 0 spiro atoms. The van der Waals surface area contributed by atoms with Crippen molar-refractivity contribution in [1.82, 2.24) is 4.72 Å². The lowest BCUT2D eigenvalue weighted by Crippen LogP contribution is -3.00. The molecule has 0 aliphatic heterocycles. The summed E-state index contributed by atoms with van der Waals surface area (Å²) in [4.78, 5) is -0.838. The Balaban J connectivity index is 0.0000212. The number of hydrogen-bond donors (Lipinski definition) is 1. The maximum absolute atomic E-state index is 14.0. The summed E-state index contributed by atoms with van der Waals surface area (Å²) in [5.74, 6) is -62.9. The van der Waals surface area contributed by atoms with E-state index in [1.807, 2.05) is 4.72 Å². The van der Waals surface area contributed by atoms with Crippen LogP contribution in [0.1, 0.15) is 6.42 Å². The van der Waals surface area contributed by atoms with Gasteiger partial charge >= 0.3 is 53.7 Å². The van der Waals surface area contributed by atoms with Crippen molar-refractivity contribution in [2.45, 2.75) is 65.1 Å². The minimum absolute atomic E-state index is 0. The Labute approximate surface area is 269 Å². The Hall–Kier alpha value is -1.71. The topological polar surface area (TPSA) is 55.4 Å². The summed E-state index contributed by atoms with van der Waals surface area (Å²) in [6.45, 7) is 0.210. The zero-order valence-corrected chi connectivity index (χ0v) is 26.0. The maximum Gasteiger partial charge on any atom is 0.471 e. The van der Waals surface area contributed by atoms with E-state index in [9.17, 15) is 91.8 Å². The second kappa shape index (κ2) is 13.2. The minimum atomic E-state index is -9.05. The van der Waals surface area contributed by atoms with E-state index in [-0.39, 0.29) is 61.2 Å². The number of sulfonamides is 1. The molecule has 1 aromatic carbocycles. The first-order valence-corrected chi connectivity index (χ1v) is 13.1. The third-order valence-corrected chi connectivity index (χ3v) is 7.24. The second-order valence-corrected chi connectivity index (χ2v) is 12.1. The van der Waals surface area contributed by atoms with Crippen LogP contribution in [0.15, 0.2) is 29.2 Å². The zero-order valence-electron chi connectivity index (χ0n) is 23.1. The molecule has 0 bridgehead atoms. The van der Waals surface area contributed by atoms with E-state index < -0.39 is 74.4 Å². The standard InChI is InChI=1S/C21H20F19N2O3S.HI/c1-42(2,3)10-4-9-41-46(43,44)12-7-5-11(6-8-12)45-21(39,40)19(34,35)17(30,31)15(26,27)13(22,23)14(24,25)16(28,29)18(32,33)20(36,37)38;/h5-8,41H,4,9-10H2,1-3H3;1H/q+1;/p-1. The summed E-state index contributed by atoms with van der Waals surface area (Å²) in [5.41, 5.74) is 0. The van der Waals surface area contributed by atoms with E-state index in [0.717, 1.165) is 0 Å². The number of benzene rings is 1. The zero-order chi connectivity index (χ0) is 37.0. The highest BCUT2D eigenvalue weighted by Crippen LogP contribution is 2.65. The molecule has 0 amide bonds. The molecule has 0 heterocycles. The van der Waals surface area contributed by atoms with Gasteiger partial charge in [0.2, 0.25) is 10.0 Å². The summed E-state index contributed by atoms with van der Waals surface area (Å²) in [6, 6.07) is 0.527. The van der Waals surface area contributed by atoms with Crippen LogP contribution in [0.3, 0.4) is 0 Å². The van der Waals surface area contributed by atoms with Crippen molar-refractivity contribution in [3.05, 3.63) is 24.3 Å². The number of nitrogens with zero attached hydrogens (tertiary/aromatic N) is 1. The van der Waals surface area contributed by atoms with E-state index >= 15 is 0 Å². The summed E-state index contributed by atoms with van der Waals surface area (Å²) in [7, 11) is 0.738. The Morgan fingerprint density at radius 2 is 0.936 bits per heavy atom. The van der Waals surface area contributed by atoms with Gasteiger partial charge in [-0.05, 0) is 24.3 Å². The largest absolute Gasteiger partial charge is 1.00 e.